The smallest absolute Gasteiger partial charge is 0.269 e. The summed E-state index contributed by atoms with van der Waals surface area (Å²) in [4.78, 5) is 28.2. The first-order valence-corrected chi connectivity index (χ1v) is 11.6. The topological polar surface area (TPSA) is 124 Å². The van der Waals surface area contributed by atoms with E-state index in [9.17, 15) is 18.0 Å². The SMILES string of the molecule is CCOCCNC(=O)c1ccc(C(=O)NS(=O)(=O)c2ccc(Oc3ccccc3)cc2)cn1. The molecule has 0 saturated heterocycles. The third-order valence-corrected chi connectivity index (χ3v) is 5.68. The quantitative estimate of drug-likeness (QED) is 0.438. The number of pyridine rings is 1. The van der Waals surface area contributed by atoms with Crippen molar-refractivity contribution in [1.29, 1.82) is 0 Å². The highest BCUT2D eigenvalue weighted by molar-refractivity contribution is 7.90. The van der Waals surface area contributed by atoms with Crippen molar-refractivity contribution in [2.75, 3.05) is 19.8 Å². The molecule has 0 aliphatic heterocycles. The van der Waals surface area contributed by atoms with Gasteiger partial charge in [-0.15, -0.1) is 0 Å². The fourth-order valence-corrected chi connectivity index (χ4v) is 3.66. The fourth-order valence-electron chi connectivity index (χ4n) is 2.69. The highest BCUT2D eigenvalue weighted by Gasteiger charge is 2.19. The average Bonchev–Trinajstić information content (AvgIpc) is 2.82. The van der Waals surface area contributed by atoms with Crippen molar-refractivity contribution in [2.24, 2.45) is 0 Å². The van der Waals surface area contributed by atoms with E-state index < -0.39 is 21.8 Å². The van der Waals surface area contributed by atoms with Crippen molar-refractivity contribution in [2.45, 2.75) is 11.8 Å². The molecule has 0 atom stereocenters. The Bertz CT molecular complexity index is 1180. The van der Waals surface area contributed by atoms with Crippen molar-refractivity contribution in [3.8, 4) is 11.5 Å². The van der Waals surface area contributed by atoms with Crippen LogP contribution in [0.3, 0.4) is 0 Å². The maximum Gasteiger partial charge on any atom is 0.269 e. The molecule has 2 N–H and O–H groups in total. The van der Waals surface area contributed by atoms with Crippen LogP contribution in [-0.4, -0.2) is 45.0 Å². The molecule has 0 spiro atoms. The zero-order valence-electron chi connectivity index (χ0n) is 17.9. The van der Waals surface area contributed by atoms with Crippen LogP contribution in [0, 0.1) is 0 Å². The molecule has 3 rings (SSSR count). The zero-order valence-corrected chi connectivity index (χ0v) is 18.7. The Balaban J connectivity index is 1.60. The first-order valence-electron chi connectivity index (χ1n) is 10.1. The summed E-state index contributed by atoms with van der Waals surface area (Å²) in [5, 5.41) is 2.63. The number of carbonyl (C=O) groups excluding carboxylic acids is 2. The molecule has 1 heterocycles. The number of benzene rings is 2. The number of rotatable bonds is 10. The lowest BCUT2D eigenvalue weighted by molar-refractivity contribution is 0.0915. The summed E-state index contributed by atoms with van der Waals surface area (Å²) in [6.45, 7) is 3.10. The molecule has 10 heteroatoms. The van der Waals surface area contributed by atoms with Gasteiger partial charge in [-0.25, -0.2) is 13.1 Å². The van der Waals surface area contributed by atoms with Crippen LogP contribution in [0.4, 0.5) is 0 Å². The number of nitrogens with zero attached hydrogens (tertiary/aromatic N) is 1. The third kappa shape index (κ3) is 6.86. The Morgan fingerprint density at radius 3 is 2.24 bits per heavy atom. The van der Waals surface area contributed by atoms with E-state index in [1.54, 1.807) is 12.1 Å². The van der Waals surface area contributed by atoms with Crippen molar-refractivity contribution < 1.29 is 27.5 Å². The van der Waals surface area contributed by atoms with Gasteiger partial charge in [-0.1, -0.05) is 18.2 Å². The van der Waals surface area contributed by atoms with Gasteiger partial charge in [-0.3, -0.25) is 14.6 Å². The maximum absolute atomic E-state index is 12.6. The maximum atomic E-state index is 12.6. The predicted molar refractivity (Wildman–Crippen MR) is 121 cm³/mol. The zero-order chi connectivity index (χ0) is 23.7. The van der Waals surface area contributed by atoms with Crippen LogP contribution in [-0.2, 0) is 14.8 Å². The number of aromatic nitrogens is 1. The summed E-state index contributed by atoms with van der Waals surface area (Å²) < 4.78 is 37.9. The van der Waals surface area contributed by atoms with Gasteiger partial charge in [-0.2, -0.15) is 0 Å². The van der Waals surface area contributed by atoms with Gasteiger partial charge in [0, 0.05) is 19.3 Å². The normalized spacial score (nSPS) is 10.9. The molecule has 3 aromatic rings. The van der Waals surface area contributed by atoms with Gasteiger partial charge in [0.25, 0.3) is 21.8 Å². The van der Waals surface area contributed by atoms with Crippen molar-refractivity contribution in [3.63, 3.8) is 0 Å². The summed E-state index contributed by atoms with van der Waals surface area (Å²) in [7, 11) is -4.12. The Morgan fingerprint density at radius 2 is 1.61 bits per heavy atom. The lowest BCUT2D eigenvalue weighted by Gasteiger charge is -2.09. The molecule has 0 unspecified atom stereocenters. The highest BCUT2D eigenvalue weighted by Crippen LogP contribution is 2.22. The van der Waals surface area contributed by atoms with Gasteiger partial charge in [0.15, 0.2) is 0 Å². The second kappa shape index (κ2) is 11.2. The largest absolute Gasteiger partial charge is 0.457 e. The number of hydrogen-bond acceptors (Lipinski definition) is 7. The Labute approximate surface area is 191 Å². The lowest BCUT2D eigenvalue weighted by Crippen LogP contribution is -2.31. The standard InChI is InChI=1S/C23H23N3O6S/c1-2-31-15-14-24-23(28)21-13-8-17(16-25-21)22(27)26-33(29,30)20-11-9-19(10-12-20)32-18-6-4-3-5-7-18/h3-13,16H,2,14-15H2,1H3,(H,24,28)(H,26,27). The Hall–Kier alpha value is -3.76. The minimum absolute atomic E-state index is 0.00604. The Kier molecular flexibility index (Phi) is 8.11. The fraction of sp³-hybridized carbons (Fsp3) is 0.174. The van der Waals surface area contributed by atoms with E-state index in [1.165, 1.54) is 36.4 Å². The van der Waals surface area contributed by atoms with Gasteiger partial charge in [0.1, 0.15) is 17.2 Å². The second-order valence-electron chi connectivity index (χ2n) is 6.71. The second-order valence-corrected chi connectivity index (χ2v) is 8.39. The van der Waals surface area contributed by atoms with Crippen LogP contribution in [0.25, 0.3) is 0 Å². The minimum Gasteiger partial charge on any atom is -0.457 e. The molecule has 0 aliphatic rings. The van der Waals surface area contributed by atoms with Crippen molar-refractivity contribution >= 4 is 21.8 Å². The summed E-state index contributed by atoms with van der Waals surface area (Å²) in [5.41, 5.74) is 0.0911. The third-order valence-electron chi connectivity index (χ3n) is 4.33. The van der Waals surface area contributed by atoms with Crippen molar-refractivity contribution in [3.05, 3.63) is 84.2 Å². The van der Waals surface area contributed by atoms with E-state index in [0.717, 1.165) is 6.20 Å². The highest BCUT2D eigenvalue weighted by atomic mass is 32.2. The Morgan fingerprint density at radius 1 is 0.909 bits per heavy atom. The molecule has 0 radical (unpaired) electrons. The van der Waals surface area contributed by atoms with E-state index in [2.05, 4.69) is 10.3 Å². The number of ether oxygens (including phenoxy) is 2. The molecule has 9 nitrogen and oxygen atoms in total. The molecule has 0 fully saturated rings. The van der Waals surface area contributed by atoms with Crippen LogP contribution < -0.4 is 14.8 Å². The predicted octanol–water partition coefficient (Wildman–Crippen LogP) is 2.76. The molecule has 0 aliphatic carbocycles. The lowest BCUT2D eigenvalue weighted by atomic mass is 10.2. The molecular formula is C23H23N3O6S. The van der Waals surface area contributed by atoms with E-state index >= 15 is 0 Å². The van der Waals surface area contributed by atoms with Gasteiger partial charge < -0.3 is 14.8 Å². The van der Waals surface area contributed by atoms with E-state index in [0.29, 0.717) is 31.3 Å². The molecular weight excluding hydrogens is 446 g/mol. The summed E-state index contributed by atoms with van der Waals surface area (Å²) in [6.07, 6.45) is 1.14. The number of sulfonamides is 1. The minimum atomic E-state index is -4.12. The number of carbonyl (C=O) groups is 2. The van der Waals surface area contributed by atoms with E-state index in [-0.39, 0.29) is 16.2 Å². The molecule has 172 valence electrons. The van der Waals surface area contributed by atoms with Crippen LogP contribution in [0.1, 0.15) is 27.8 Å². The number of hydrogen-bond donors (Lipinski definition) is 2. The van der Waals surface area contributed by atoms with E-state index in [1.807, 2.05) is 29.8 Å². The van der Waals surface area contributed by atoms with Gasteiger partial charge in [0.2, 0.25) is 0 Å². The summed E-state index contributed by atoms with van der Waals surface area (Å²) in [5.74, 6) is -0.228. The van der Waals surface area contributed by atoms with E-state index in [4.69, 9.17) is 9.47 Å². The molecule has 0 saturated carbocycles. The van der Waals surface area contributed by atoms with Gasteiger partial charge >= 0.3 is 0 Å². The van der Waals surface area contributed by atoms with Crippen molar-refractivity contribution in [1.82, 2.24) is 15.0 Å². The van der Waals surface area contributed by atoms with Crippen LogP contribution in [0.5, 0.6) is 11.5 Å². The molecule has 2 aromatic carbocycles. The molecule has 1 aromatic heterocycles. The molecule has 2 amide bonds. The first kappa shape index (κ1) is 23.9. The number of amides is 2. The number of nitrogens with one attached hydrogen (secondary N) is 2. The summed E-state index contributed by atoms with van der Waals surface area (Å²) in [6, 6.07) is 17.4. The number of para-hydroxylation sites is 1. The van der Waals surface area contributed by atoms with Gasteiger partial charge in [-0.05, 0) is 55.5 Å². The molecule has 0 bridgehead atoms. The average molecular weight is 470 g/mol. The monoisotopic (exact) mass is 469 g/mol. The van der Waals surface area contributed by atoms with Crippen LogP contribution >= 0.6 is 0 Å². The van der Waals surface area contributed by atoms with Gasteiger partial charge in [0.05, 0.1) is 17.1 Å². The van der Waals surface area contributed by atoms with Crippen LogP contribution in [0.15, 0.2) is 77.8 Å². The summed E-state index contributed by atoms with van der Waals surface area (Å²) >= 11 is 0. The van der Waals surface area contributed by atoms with Crippen LogP contribution in [0.2, 0.25) is 0 Å². The molecule has 33 heavy (non-hydrogen) atoms. The first-order chi connectivity index (χ1) is 15.9.